The molecule has 0 radical (unpaired) electrons. The third-order valence-electron chi connectivity index (χ3n) is 2.70. The van der Waals surface area contributed by atoms with E-state index >= 15 is 0 Å². The number of pyridine rings is 2. The highest BCUT2D eigenvalue weighted by Gasteiger charge is 2.07. The molecule has 0 atom stereocenters. The van der Waals surface area contributed by atoms with Crippen LogP contribution in [0.1, 0.15) is 23.7 Å². The Morgan fingerprint density at radius 1 is 1.35 bits per heavy atom. The fourth-order valence-corrected chi connectivity index (χ4v) is 1.73. The van der Waals surface area contributed by atoms with Gasteiger partial charge in [0.1, 0.15) is 0 Å². The number of halogens is 1. The molecule has 6 heteroatoms. The van der Waals surface area contributed by atoms with Crippen molar-refractivity contribution in [1.82, 2.24) is 9.55 Å². The summed E-state index contributed by atoms with van der Waals surface area (Å²) in [4.78, 5) is 26.9. The maximum absolute atomic E-state index is 12.7. The molecule has 0 saturated carbocycles. The normalized spacial score (nSPS) is 10.3. The minimum atomic E-state index is -0.641. The summed E-state index contributed by atoms with van der Waals surface area (Å²) in [6.45, 7) is 2.54. The Bertz CT molecular complexity index is 665. The average molecular weight is 275 g/mol. The van der Waals surface area contributed by atoms with Gasteiger partial charge in [0.15, 0.2) is 0 Å². The van der Waals surface area contributed by atoms with E-state index in [1.54, 1.807) is 6.20 Å². The number of aromatic nitrogens is 2. The highest BCUT2D eigenvalue weighted by Crippen LogP contribution is 2.07. The van der Waals surface area contributed by atoms with Crippen LogP contribution in [0.5, 0.6) is 0 Å². The fraction of sp³-hybridized carbons (Fsp3) is 0.214. The number of hydrogen-bond acceptors (Lipinski definition) is 3. The van der Waals surface area contributed by atoms with Gasteiger partial charge in [-0.05, 0) is 24.6 Å². The van der Waals surface area contributed by atoms with Gasteiger partial charge in [0, 0.05) is 25.0 Å². The van der Waals surface area contributed by atoms with Gasteiger partial charge in [-0.25, -0.2) is 4.98 Å². The molecule has 0 aromatic carbocycles. The van der Waals surface area contributed by atoms with Crippen molar-refractivity contribution in [2.24, 2.45) is 0 Å². The first kappa shape index (κ1) is 13.9. The van der Waals surface area contributed by atoms with Gasteiger partial charge in [-0.2, -0.15) is 4.39 Å². The van der Waals surface area contributed by atoms with Gasteiger partial charge in [0.2, 0.25) is 5.95 Å². The average Bonchev–Trinajstić information content (AvgIpc) is 2.43. The number of carbonyl (C=O) groups is 1. The van der Waals surface area contributed by atoms with E-state index in [1.165, 1.54) is 22.8 Å². The molecule has 20 heavy (non-hydrogen) atoms. The molecule has 0 fully saturated rings. The smallest absolute Gasteiger partial charge is 0.257 e. The third kappa shape index (κ3) is 3.28. The molecule has 2 aromatic heterocycles. The van der Waals surface area contributed by atoms with Gasteiger partial charge in [0.25, 0.3) is 11.5 Å². The highest BCUT2D eigenvalue weighted by atomic mass is 19.1. The van der Waals surface area contributed by atoms with Crippen LogP contribution in [0.4, 0.5) is 10.1 Å². The van der Waals surface area contributed by atoms with E-state index in [2.05, 4.69) is 10.3 Å². The molecule has 0 saturated heterocycles. The Balaban J connectivity index is 2.17. The molecule has 1 N–H and O–H groups in total. The van der Waals surface area contributed by atoms with Gasteiger partial charge >= 0.3 is 0 Å². The zero-order chi connectivity index (χ0) is 14.5. The summed E-state index contributed by atoms with van der Waals surface area (Å²) in [5.74, 6) is -1.04. The molecule has 0 aliphatic heterocycles. The maximum Gasteiger partial charge on any atom is 0.257 e. The number of nitrogens with one attached hydrogen (secondary N) is 1. The molecule has 0 spiro atoms. The minimum Gasteiger partial charge on any atom is -0.321 e. The van der Waals surface area contributed by atoms with E-state index < -0.39 is 11.9 Å². The lowest BCUT2D eigenvalue weighted by Crippen LogP contribution is -2.20. The van der Waals surface area contributed by atoms with E-state index in [1.807, 2.05) is 6.92 Å². The number of amides is 1. The number of carbonyl (C=O) groups excluding carboxylic acids is 1. The highest BCUT2D eigenvalue weighted by molar-refractivity contribution is 6.03. The van der Waals surface area contributed by atoms with Crippen molar-refractivity contribution >= 4 is 11.6 Å². The molecular formula is C14H14FN3O2. The topological polar surface area (TPSA) is 64.0 Å². The Morgan fingerprint density at radius 3 is 2.80 bits per heavy atom. The predicted molar refractivity (Wildman–Crippen MR) is 73.1 cm³/mol. The van der Waals surface area contributed by atoms with Crippen LogP contribution >= 0.6 is 0 Å². The second-order valence-electron chi connectivity index (χ2n) is 4.27. The lowest BCUT2D eigenvalue weighted by molar-refractivity contribution is 0.102. The first-order chi connectivity index (χ1) is 9.60. The monoisotopic (exact) mass is 275 g/mol. The van der Waals surface area contributed by atoms with Crippen molar-refractivity contribution < 1.29 is 9.18 Å². The Morgan fingerprint density at radius 2 is 2.15 bits per heavy atom. The lowest BCUT2D eigenvalue weighted by atomic mass is 10.2. The van der Waals surface area contributed by atoms with Crippen LogP contribution in [-0.4, -0.2) is 15.5 Å². The van der Waals surface area contributed by atoms with E-state index in [4.69, 9.17) is 0 Å². The molecule has 0 aliphatic rings. The maximum atomic E-state index is 12.7. The Hall–Kier alpha value is -2.50. The van der Waals surface area contributed by atoms with Crippen LogP contribution in [0.25, 0.3) is 0 Å². The van der Waals surface area contributed by atoms with Crippen LogP contribution in [-0.2, 0) is 6.54 Å². The molecular weight excluding hydrogens is 261 g/mol. The van der Waals surface area contributed by atoms with Crippen molar-refractivity contribution in [2.45, 2.75) is 19.9 Å². The summed E-state index contributed by atoms with van der Waals surface area (Å²) >= 11 is 0. The zero-order valence-electron chi connectivity index (χ0n) is 11.0. The lowest BCUT2D eigenvalue weighted by Gasteiger charge is -2.08. The molecule has 0 unspecified atom stereocenters. The second kappa shape index (κ2) is 6.10. The largest absolute Gasteiger partial charge is 0.321 e. The third-order valence-corrected chi connectivity index (χ3v) is 2.70. The SMILES string of the molecule is CCCn1cc(NC(=O)c2ccc(F)nc2)ccc1=O. The quantitative estimate of drug-likeness (QED) is 0.868. The van der Waals surface area contributed by atoms with E-state index in [9.17, 15) is 14.0 Å². The molecule has 2 aromatic rings. The fourth-order valence-electron chi connectivity index (χ4n) is 1.73. The number of aryl methyl sites for hydroxylation is 1. The molecule has 5 nitrogen and oxygen atoms in total. The van der Waals surface area contributed by atoms with E-state index in [-0.39, 0.29) is 11.1 Å². The second-order valence-corrected chi connectivity index (χ2v) is 4.27. The molecule has 1 amide bonds. The Labute approximate surface area is 115 Å². The molecule has 0 aliphatic carbocycles. The van der Waals surface area contributed by atoms with Crippen molar-refractivity contribution in [2.75, 3.05) is 5.32 Å². The number of hydrogen-bond donors (Lipinski definition) is 1. The molecule has 2 rings (SSSR count). The van der Waals surface area contributed by atoms with Gasteiger partial charge in [-0.1, -0.05) is 6.92 Å². The Kier molecular flexibility index (Phi) is 4.24. The van der Waals surface area contributed by atoms with Crippen molar-refractivity contribution in [3.8, 4) is 0 Å². The van der Waals surface area contributed by atoms with Gasteiger partial charge in [-0.3, -0.25) is 9.59 Å². The van der Waals surface area contributed by atoms with Crippen LogP contribution in [0.2, 0.25) is 0 Å². The zero-order valence-corrected chi connectivity index (χ0v) is 11.0. The summed E-state index contributed by atoms with van der Waals surface area (Å²) in [6, 6.07) is 5.39. The van der Waals surface area contributed by atoms with E-state index in [0.29, 0.717) is 12.2 Å². The standard InChI is InChI=1S/C14H14FN3O2/c1-2-7-18-9-11(4-6-13(18)19)17-14(20)10-3-5-12(15)16-8-10/h3-6,8-9H,2,7H2,1H3,(H,17,20). The summed E-state index contributed by atoms with van der Waals surface area (Å²) in [5.41, 5.74) is 0.639. The first-order valence-electron chi connectivity index (χ1n) is 6.23. The summed E-state index contributed by atoms with van der Waals surface area (Å²) in [5, 5.41) is 2.64. The number of nitrogens with zero attached hydrogens (tertiary/aromatic N) is 2. The first-order valence-corrected chi connectivity index (χ1v) is 6.23. The van der Waals surface area contributed by atoms with Crippen molar-refractivity contribution in [1.29, 1.82) is 0 Å². The summed E-state index contributed by atoms with van der Waals surface area (Å²) in [7, 11) is 0. The van der Waals surface area contributed by atoms with Crippen molar-refractivity contribution in [3.05, 3.63) is 58.5 Å². The van der Waals surface area contributed by atoms with Crippen molar-refractivity contribution in [3.63, 3.8) is 0 Å². The van der Waals surface area contributed by atoms with Gasteiger partial charge in [0.05, 0.1) is 11.3 Å². The summed E-state index contributed by atoms with van der Waals surface area (Å²) < 4.78 is 14.2. The van der Waals surface area contributed by atoms with Gasteiger partial charge in [-0.15, -0.1) is 0 Å². The van der Waals surface area contributed by atoms with Crippen LogP contribution in [0.15, 0.2) is 41.5 Å². The van der Waals surface area contributed by atoms with Gasteiger partial charge < -0.3 is 9.88 Å². The molecule has 0 bridgehead atoms. The van der Waals surface area contributed by atoms with Crippen LogP contribution < -0.4 is 10.9 Å². The molecule has 2 heterocycles. The minimum absolute atomic E-state index is 0.117. The number of rotatable bonds is 4. The number of anilines is 1. The van der Waals surface area contributed by atoms with E-state index in [0.717, 1.165) is 18.7 Å². The van der Waals surface area contributed by atoms with Crippen LogP contribution in [0.3, 0.4) is 0 Å². The molecule has 104 valence electrons. The van der Waals surface area contributed by atoms with Crippen LogP contribution in [0, 0.1) is 5.95 Å². The summed E-state index contributed by atoms with van der Waals surface area (Å²) in [6.07, 6.45) is 3.56. The predicted octanol–water partition coefficient (Wildman–Crippen LogP) is 2.04.